The van der Waals surface area contributed by atoms with Crippen molar-refractivity contribution >= 4 is 33.8 Å². The van der Waals surface area contributed by atoms with Crippen molar-refractivity contribution in [2.45, 2.75) is 12.8 Å². The Hall–Kier alpha value is -3.71. The number of amides is 1. The zero-order chi connectivity index (χ0) is 21.2. The molecule has 0 unspecified atom stereocenters. The molecule has 0 aliphatic heterocycles. The topological polar surface area (TPSA) is 73.0 Å². The summed E-state index contributed by atoms with van der Waals surface area (Å²) in [4.78, 5) is 18.3. The third-order valence-corrected chi connectivity index (χ3v) is 6.04. The van der Waals surface area contributed by atoms with Crippen LogP contribution in [0.3, 0.4) is 0 Å². The van der Waals surface area contributed by atoms with Gasteiger partial charge in [-0.2, -0.15) is 4.98 Å². The van der Waals surface area contributed by atoms with E-state index in [4.69, 9.17) is 4.52 Å². The number of nitrogens with one attached hydrogen (secondary N) is 1. The second-order valence-electron chi connectivity index (χ2n) is 7.33. The molecule has 2 aromatic carbocycles. The lowest BCUT2D eigenvalue weighted by Gasteiger charge is -2.09. The molecule has 1 N–H and O–H groups in total. The summed E-state index contributed by atoms with van der Waals surface area (Å²) in [7, 11) is 1.99. The lowest BCUT2D eigenvalue weighted by atomic mass is 10.1. The largest absolute Gasteiger partial charge is 0.350 e. The highest BCUT2D eigenvalue weighted by atomic mass is 32.1. The zero-order valence-corrected chi connectivity index (χ0v) is 17.7. The molecule has 1 amide bonds. The van der Waals surface area contributed by atoms with Gasteiger partial charge in [0.2, 0.25) is 17.6 Å². The van der Waals surface area contributed by atoms with Gasteiger partial charge in [-0.25, -0.2) is 0 Å². The van der Waals surface area contributed by atoms with E-state index in [2.05, 4.69) is 21.5 Å². The Morgan fingerprint density at radius 1 is 1.06 bits per heavy atom. The SMILES string of the molecule is Cn1cc(CC(=O)Nc2ccccc2Cc2nc(-c3cccs3)no2)c2ccccc21. The molecule has 5 aromatic rings. The summed E-state index contributed by atoms with van der Waals surface area (Å²) >= 11 is 1.57. The van der Waals surface area contributed by atoms with Crippen LogP contribution in [0, 0.1) is 0 Å². The number of aryl methyl sites for hydroxylation is 1. The molecule has 0 fully saturated rings. The summed E-state index contributed by atoms with van der Waals surface area (Å²) in [6.45, 7) is 0. The van der Waals surface area contributed by atoms with Crippen LogP contribution >= 0.6 is 11.3 Å². The Morgan fingerprint density at radius 3 is 2.77 bits per heavy atom. The van der Waals surface area contributed by atoms with Crippen LogP contribution < -0.4 is 5.32 Å². The number of nitrogens with zero attached hydrogens (tertiary/aromatic N) is 3. The summed E-state index contributed by atoms with van der Waals surface area (Å²) in [5, 5.41) is 10.2. The number of aromatic nitrogens is 3. The van der Waals surface area contributed by atoms with Crippen molar-refractivity contribution in [1.82, 2.24) is 14.7 Å². The van der Waals surface area contributed by atoms with E-state index < -0.39 is 0 Å². The molecule has 0 saturated carbocycles. The zero-order valence-electron chi connectivity index (χ0n) is 16.9. The number of para-hydroxylation sites is 2. The van der Waals surface area contributed by atoms with Gasteiger partial charge in [-0.3, -0.25) is 4.79 Å². The molecule has 31 heavy (non-hydrogen) atoms. The first-order chi connectivity index (χ1) is 15.2. The first kappa shape index (κ1) is 19.3. The van der Waals surface area contributed by atoms with Gasteiger partial charge < -0.3 is 14.4 Å². The minimum Gasteiger partial charge on any atom is -0.350 e. The van der Waals surface area contributed by atoms with Gasteiger partial charge in [-0.15, -0.1) is 11.3 Å². The van der Waals surface area contributed by atoms with Crippen molar-refractivity contribution in [1.29, 1.82) is 0 Å². The smallest absolute Gasteiger partial charge is 0.231 e. The quantitative estimate of drug-likeness (QED) is 0.410. The molecule has 3 aromatic heterocycles. The summed E-state index contributed by atoms with van der Waals surface area (Å²) in [6, 6.07) is 19.7. The number of anilines is 1. The molecular weight excluding hydrogens is 408 g/mol. The first-order valence-electron chi connectivity index (χ1n) is 9.94. The summed E-state index contributed by atoms with van der Waals surface area (Å²) in [5.41, 5.74) is 3.80. The van der Waals surface area contributed by atoms with Gasteiger partial charge in [-0.05, 0) is 34.7 Å². The average Bonchev–Trinajstić information content (AvgIpc) is 3.51. The van der Waals surface area contributed by atoms with Crippen LogP contribution in [-0.4, -0.2) is 20.6 Å². The number of hydrogen-bond donors (Lipinski definition) is 1. The maximum absolute atomic E-state index is 12.8. The minimum absolute atomic E-state index is 0.0615. The normalized spacial score (nSPS) is 11.1. The van der Waals surface area contributed by atoms with Crippen molar-refractivity contribution in [3.05, 3.63) is 89.3 Å². The Morgan fingerprint density at radius 2 is 1.90 bits per heavy atom. The summed E-state index contributed by atoms with van der Waals surface area (Å²) in [5.74, 6) is 1.04. The van der Waals surface area contributed by atoms with Gasteiger partial charge in [0.25, 0.3) is 0 Å². The van der Waals surface area contributed by atoms with Crippen molar-refractivity contribution in [2.75, 3.05) is 5.32 Å². The number of hydrogen-bond acceptors (Lipinski definition) is 5. The van der Waals surface area contributed by atoms with Crippen LogP contribution in [0.1, 0.15) is 17.0 Å². The average molecular weight is 429 g/mol. The van der Waals surface area contributed by atoms with E-state index in [1.165, 1.54) is 0 Å². The van der Waals surface area contributed by atoms with E-state index in [1.807, 2.05) is 77.8 Å². The number of fused-ring (bicyclic) bond motifs is 1. The van der Waals surface area contributed by atoms with E-state index in [-0.39, 0.29) is 5.91 Å². The summed E-state index contributed by atoms with van der Waals surface area (Å²) in [6.07, 6.45) is 2.77. The molecule has 0 spiro atoms. The van der Waals surface area contributed by atoms with Gasteiger partial charge in [0, 0.05) is 29.8 Å². The Balaban J connectivity index is 1.33. The van der Waals surface area contributed by atoms with Crippen LogP contribution in [0.2, 0.25) is 0 Å². The molecule has 0 radical (unpaired) electrons. The molecule has 0 bridgehead atoms. The lowest BCUT2D eigenvalue weighted by Crippen LogP contribution is -2.15. The van der Waals surface area contributed by atoms with Crippen LogP contribution in [-0.2, 0) is 24.7 Å². The van der Waals surface area contributed by atoms with Gasteiger partial charge in [0.1, 0.15) is 0 Å². The van der Waals surface area contributed by atoms with Gasteiger partial charge in [0.05, 0.1) is 17.7 Å². The fourth-order valence-corrected chi connectivity index (χ4v) is 4.37. The van der Waals surface area contributed by atoms with E-state index in [0.29, 0.717) is 24.6 Å². The lowest BCUT2D eigenvalue weighted by molar-refractivity contribution is -0.115. The molecule has 0 aliphatic carbocycles. The number of carbonyl (C=O) groups is 1. The molecule has 5 rings (SSSR count). The van der Waals surface area contributed by atoms with Crippen molar-refractivity contribution in [3.8, 4) is 10.7 Å². The fraction of sp³-hybridized carbons (Fsp3) is 0.125. The van der Waals surface area contributed by atoms with Crippen molar-refractivity contribution in [3.63, 3.8) is 0 Å². The number of thiophene rings is 1. The van der Waals surface area contributed by atoms with E-state index in [0.717, 1.165) is 32.6 Å². The second-order valence-corrected chi connectivity index (χ2v) is 8.28. The third kappa shape index (κ3) is 4.00. The second kappa shape index (κ2) is 8.20. The maximum Gasteiger partial charge on any atom is 0.231 e. The highest BCUT2D eigenvalue weighted by Gasteiger charge is 2.15. The van der Waals surface area contributed by atoms with Crippen molar-refractivity contribution < 1.29 is 9.32 Å². The predicted octanol–water partition coefficient (Wildman–Crippen LogP) is 5.06. The Labute approximate surface area is 183 Å². The molecule has 154 valence electrons. The molecule has 7 heteroatoms. The molecule has 0 atom stereocenters. The van der Waals surface area contributed by atoms with Gasteiger partial charge >= 0.3 is 0 Å². The maximum atomic E-state index is 12.8. The van der Waals surface area contributed by atoms with Crippen LogP contribution in [0.4, 0.5) is 5.69 Å². The number of carbonyl (C=O) groups excluding carboxylic acids is 1. The molecule has 3 heterocycles. The highest BCUT2D eigenvalue weighted by Crippen LogP contribution is 2.25. The first-order valence-corrected chi connectivity index (χ1v) is 10.8. The van der Waals surface area contributed by atoms with E-state index >= 15 is 0 Å². The predicted molar refractivity (Wildman–Crippen MR) is 122 cm³/mol. The monoisotopic (exact) mass is 428 g/mol. The standard InChI is InChI=1S/C24H20N4O2S/c1-28-15-17(18-8-3-5-10-20(18)28)13-22(29)25-19-9-4-2-7-16(19)14-23-26-24(27-30-23)21-11-6-12-31-21/h2-12,15H,13-14H2,1H3,(H,25,29). The highest BCUT2D eigenvalue weighted by molar-refractivity contribution is 7.13. The van der Waals surface area contributed by atoms with Crippen LogP contribution in [0.25, 0.3) is 21.6 Å². The minimum atomic E-state index is -0.0615. The fourth-order valence-electron chi connectivity index (χ4n) is 3.73. The van der Waals surface area contributed by atoms with E-state index in [1.54, 1.807) is 11.3 Å². The number of rotatable bonds is 6. The number of benzene rings is 2. The third-order valence-electron chi connectivity index (χ3n) is 5.17. The Kier molecular flexibility index (Phi) is 5.09. The molecule has 0 saturated heterocycles. The van der Waals surface area contributed by atoms with Crippen LogP contribution in [0.5, 0.6) is 0 Å². The Bertz CT molecular complexity index is 1350. The van der Waals surface area contributed by atoms with Gasteiger partial charge in [-0.1, -0.05) is 47.6 Å². The van der Waals surface area contributed by atoms with Crippen LogP contribution in [0.15, 0.2) is 76.8 Å². The molecule has 0 aliphatic rings. The van der Waals surface area contributed by atoms with Crippen molar-refractivity contribution in [2.24, 2.45) is 7.05 Å². The van der Waals surface area contributed by atoms with E-state index in [9.17, 15) is 4.79 Å². The molecule has 6 nitrogen and oxygen atoms in total. The van der Waals surface area contributed by atoms with Gasteiger partial charge in [0.15, 0.2) is 0 Å². The summed E-state index contributed by atoms with van der Waals surface area (Å²) < 4.78 is 7.48. The molecular formula is C24H20N4O2S.